The van der Waals surface area contributed by atoms with Gasteiger partial charge < -0.3 is 9.64 Å². The van der Waals surface area contributed by atoms with Crippen LogP contribution in [0, 0.1) is 5.41 Å². The Morgan fingerprint density at radius 1 is 1.19 bits per heavy atom. The molecular weight excluding hydrogens is 348 g/mol. The highest BCUT2D eigenvalue weighted by atomic mass is 35.5. The topological polar surface area (TPSA) is 32.8 Å². The van der Waals surface area contributed by atoms with E-state index in [-0.39, 0.29) is 5.91 Å². The van der Waals surface area contributed by atoms with E-state index in [0.717, 1.165) is 38.3 Å². The lowest BCUT2D eigenvalue weighted by Crippen LogP contribution is -2.69. The van der Waals surface area contributed by atoms with Crippen molar-refractivity contribution in [1.29, 1.82) is 0 Å². The van der Waals surface area contributed by atoms with Crippen LogP contribution in [0.15, 0.2) is 24.3 Å². The van der Waals surface area contributed by atoms with E-state index >= 15 is 0 Å². The summed E-state index contributed by atoms with van der Waals surface area (Å²) in [6, 6.07) is 8.26. The maximum atomic E-state index is 12.6. The first-order valence-corrected chi connectivity index (χ1v) is 10.4. The normalized spacial score (nSPS) is 27.8. The molecule has 3 aliphatic rings. The second-order valence-corrected chi connectivity index (χ2v) is 8.44. The van der Waals surface area contributed by atoms with Crippen LogP contribution in [0.4, 0.5) is 0 Å². The van der Waals surface area contributed by atoms with Gasteiger partial charge >= 0.3 is 0 Å². The van der Waals surface area contributed by atoms with E-state index in [1.54, 1.807) is 0 Å². The summed E-state index contributed by atoms with van der Waals surface area (Å²) in [5.74, 6) is 0.228. The lowest BCUT2D eigenvalue weighted by atomic mass is 9.50. The van der Waals surface area contributed by atoms with Gasteiger partial charge in [0.2, 0.25) is 5.91 Å². The Labute approximate surface area is 161 Å². The monoisotopic (exact) mass is 376 g/mol. The van der Waals surface area contributed by atoms with Crippen LogP contribution >= 0.6 is 11.6 Å². The van der Waals surface area contributed by atoms with E-state index in [1.165, 1.54) is 25.7 Å². The number of amides is 1. The third-order valence-corrected chi connectivity index (χ3v) is 7.02. The van der Waals surface area contributed by atoms with Gasteiger partial charge in [0, 0.05) is 49.3 Å². The van der Waals surface area contributed by atoms with E-state index in [2.05, 4.69) is 11.8 Å². The first-order chi connectivity index (χ1) is 12.6. The van der Waals surface area contributed by atoms with Crippen molar-refractivity contribution >= 4 is 17.5 Å². The molecule has 2 aliphatic carbocycles. The molecular formula is C21H29ClN2O2. The molecule has 0 N–H and O–H groups in total. The molecule has 1 aromatic carbocycles. The fourth-order valence-corrected chi connectivity index (χ4v) is 5.21. The highest BCUT2D eigenvalue weighted by Crippen LogP contribution is 2.59. The molecule has 4 nitrogen and oxygen atoms in total. The Balaban J connectivity index is 1.29. The van der Waals surface area contributed by atoms with Gasteiger partial charge in [-0.1, -0.05) is 30.2 Å². The molecule has 142 valence electrons. The van der Waals surface area contributed by atoms with Crippen LogP contribution < -0.4 is 0 Å². The second-order valence-electron chi connectivity index (χ2n) is 8.00. The summed E-state index contributed by atoms with van der Waals surface area (Å²) in [4.78, 5) is 17.2. The van der Waals surface area contributed by atoms with Gasteiger partial charge in [0.15, 0.2) is 0 Å². The van der Waals surface area contributed by atoms with Crippen LogP contribution in [0.1, 0.15) is 38.2 Å². The second kappa shape index (κ2) is 7.49. The Bertz CT molecular complexity index is 636. The van der Waals surface area contributed by atoms with Gasteiger partial charge in [-0.05, 0) is 43.9 Å². The van der Waals surface area contributed by atoms with Crippen LogP contribution in [0.2, 0.25) is 5.02 Å². The van der Waals surface area contributed by atoms with Crippen molar-refractivity contribution in [3.8, 4) is 0 Å². The average molecular weight is 377 g/mol. The maximum absolute atomic E-state index is 12.6. The maximum Gasteiger partial charge on any atom is 0.227 e. The predicted octanol–water partition coefficient (Wildman–Crippen LogP) is 3.37. The van der Waals surface area contributed by atoms with Gasteiger partial charge in [-0.25, -0.2) is 0 Å². The van der Waals surface area contributed by atoms with Crippen molar-refractivity contribution in [2.45, 2.75) is 51.2 Å². The average Bonchev–Trinajstić information content (AvgIpc) is 2.59. The number of carbonyl (C=O) groups excluding carboxylic acids is 1. The molecule has 1 aliphatic heterocycles. The minimum Gasteiger partial charge on any atom is -0.378 e. The van der Waals surface area contributed by atoms with Gasteiger partial charge in [-0.3, -0.25) is 9.69 Å². The smallest absolute Gasteiger partial charge is 0.227 e. The number of hydrogen-bond acceptors (Lipinski definition) is 3. The molecule has 1 saturated heterocycles. The number of carbonyl (C=O) groups is 1. The minimum absolute atomic E-state index is 0.228. The molecule has 0 radical (unpaired) electrons. The number of benzene rings is 1. The number of piperazine rings is 1. The van der Waals surface area contributed by atoms with E-state index in [1.807, 2.05) is 29.2 Å². The van der Waals surface area contributed by atoms with Gasteiger partial charge in [-0.2, -0.15) is 0 Å². The molecule has 3 fully saturated rings. The van der Waals surface area contributed by atoms with Crippen molar-refractivity contribution < 1.29 is 9.53 Å². The standard InChI is InChI=1S/C21H29ClN2O2/c1-2-26-19-15-18(21(19)8-3-9-21)23-10-12-24(13-11-23)20(25)14-16-4-6-17(22)7-5-16/h4-7,18-19H,2-3,8-15H2,1H3. The lowest BCUT2D eigenvalue weighted by Gasteiger charge is -2.64. The van der Waals surface area contributed by atoms with Crippen LogP contribution in [-0.4, -0.2) is 60.6 Å². The molecule has 1 aromatic rings. The fourth-order valence-electron chi connectivity index (χ4n) is 5.09. The Morgan fingerprint density at radius 3 is 2.46 bits per heavy atom. The summed E-state index contributed by atoms with van der Waals surface area (Å²) in [7, 11) is 0. The summed E-state index contributed by atoms with van der Waals surface area (Å²) in [6.07, 6.45) is 6.09. The minimum atomic E-state index is 0.228. The highest BCUT2D eigenvalue weighted by molar-refractivity contribution is 6.30. The number of hydrogen-bond donors (Lipinski definition) is 0. The van der Waals surface area contributed by atoms with E-state index in [4.69, 9.17) is 16.3 Å². The zero-order valence-corrected chi connectivity index (χ0v) is 16.4. The van der Waals surface area contributed by atoms with Crippen molar-refractivity contribution in [2.75, 3.05) is 32.8 Å². The number of rotatable bonds is 5. The summed E-state index contributed by atoms with van der Waals surface area (Å²) < 4.78 is 5.99. The van der Waals surface area contributed by atoms with Crippen LogP contribution in [0.3, 0.4) is 0 Å². The first kappa shape index (κ1) is 18.3. The number of nitrogens with zero attached hydrogens (tertiary/aromatic N) is 2. The van der Waals surface area contributed by atoms with Gasteiger partial charge in [0.1, 0.15) is 0 Å². The lowest BCUT2D eigenvalue weighted by molar-refractivity contribution is -0.207. The highest BCUT2D eigenvalue weighted by Gasteiger charge is 2.60. The molecule has 4 rings (SSSR count). The molecule has 5 heteroatoms. The molecule has 0 bridgehead atoms. The zero-order chi connectivity index (χ0) is 18.1. The summed E-state index contributed by atoms with van der Waals surface area (Å²) in [6.45, 7) is 6.61. The summed E-state index contributed by atoms with van der Waals surface area (Å²) >= 11 is 5.92. The molecule has 1 heterocycles. The molecule has 2 saturated carbocycles. The SMILES string of the molecule is CCOC1CC(N2CCN(C(=O)Cc3ccc(Cl)cc3)CC2)C12CCC2. The molecule has 26 heavy (non-hydrogen) atoms. The molecule has 0 aromatic heterocycles. The van der Waals surface area contributed by atoms with Crippen molar-refractivity contribution in [2.24, 2.45) is 5.41 Å². The molecule has 2 atom stereocenters. The van der Waals surface area contributed by atoms with Crippen LogP contribution in [0.5, 0.6) is 0 Å². The Hall–Kier alpha value is -1.10. The number of halogens is 1. The Kier molecular flexibility index (Phi) is 5.27. The van der Waals surface area contributed by atoms with E-state index in [0.29, 0.717) is 29.0 Å². The first-order valence-electron chi connectivity index (χ1n) is 10.0. The van der Waals surface area contributed by atoms with Crippen LogP contribution in [0.25, 0.3) is 0 Å². The summed E-state index contributed by atoms with van der Waals surface area (Å²) in [5.41, 5.74) is 1.46. The van der Waals surface area contributed by atoms with Gasteiger partial charge in [0.25, 0.3) is 0 Å². The van der Waals surface area contributed by atoms with Crippen LogP contribution in [-0.2, 0) is 16.0 Å². The van der Waals surface area contributed by atoms with E-state index < -0.39 is 0 Å². The third kappa shape index (κ3) is 3.28. The summed E-state index contributed by atoms with van der Waals surface area (Å²) in [5, 5.41) is 0.714. The Morgan fingerprint density at radius 2 is 1.88 bits per heavy atom. The van der Waals surface area contributed by atoms with Crippen molar-refractivity contribution in [3.05, 3.63) is 34.9 Å². The van der Waals surface area contributed by atoms with Crippen molar-refractivity contribution in [3.63, 3.8) is 0 Å². The largest absolute Gasteiger partial charge is 0.378 e. The van der Waals surface area contributed by atoms with E-state index in [9.17, 15) is 4.79 Å². The zero-order valence-electron chi connectivity index (χ0n) is 15.6. The van der Waals surface area contributed by atoms with Gasteiger partial charge in [0.05, 0.1) is 12.5 Å². The number of ether oxygens (including phenoxy) is 1. The van der Waals surface area contributed by atoms with Gasteiger partial charge in [-0.15, -0.1) is 0 Å². The molecule has 1 amide bonds. The fraction of sp³-hybridized carbons (Fsp3) is 0.667. The third-order valence-electron chi connectivity index (χ3n) is 6.77. The molecule has 2 unspecified atom stereocenters. The van der Waals surface area contributed by atoms with Crippen molar-refractivity contribution in [1.82, 2.24) is 9.80 Å². The predicted molar refractivity (Wildman–Crippen MR) is 103 cm³/mol. The quantitative estimate of drug-likeness (QED) is 0.789. The molecule has 1 spiro atoms.